The quantitative estimate of drug-likeness (QED) is 0.737. The first-order chi connectivity index (χ1) is 13.6. The van der Waals surface area contributed by atoms with Crippen LogP contribution in [0.1, 0.15) is 23.2 Å². The molecule has 1 atom stereocenters. The Hall–Kier alpha value is -3.15. The third-order valence-corrected chi connectivity index (χ3v) is 5.56. The molecular weight excluding hydrogens is 352 g/mol. The number of carbonyl (C=O) groups excluding carboxylic acids is 1. The van der Waals surface area contributed by atoms with Crippen LogP contribution >= 0.6 is 0 Å². The lowest BCUT2D eigenvalue weighted by molar-refractivity contribution is -0.120. The van der Waals surface area contributed by atoms with Gasteiger partial charge in [-0.1, -0.05) is 12.1 Å². The molecule has 1 N–H and O–H groups in total. The summed E-state index contributed by atoms with van der Waals surface area (Å²) in [4.78, 5) is 19.5. The molecule has 0 bridgehead atoms. The van der Waals surface area contributed by atoms with Gasteiger partial charge < -0.3 is 4.74 Å². The highest BCUT2D eigenvalue weighted by Crippen LogP contribution is 2.31. The standard InChI is InChI=1S/C22H24N4O2/c1-14-16(5-4-6-20(14)28-3)11-17-9-10-26(22(17)27)21-8-7-19(15(2)25-21)18-12-23-24-13-18/h4-8,12-13,17H,9-11H2,1-3H3,(H,23,24). The van der Waals surface area contributed by atoms with E-state index >= 15 is 0 Å². The van der Waals surface area contributed by atoms with Crippen LogP contribution in [0.15, 0.2) is 42.7 Å². The first kappa shape index (κ1) is 18.2. The lowest BCUT2D eigenvalue weighted by Gasteiger charge is -2.18. The number of H-pyrrole nitrogens is 1. The predicted molar refractivity (Wildman–Crippen MR) is 108 cm³/mol. The zero-order valence-corrected chi connectivity index (χ0v) is 16.4. The number of benzene rings is 1. The molecule has 1 amide bonds. The van der Waals surface area contributed by atoms with Gasteiger partial charge in [-0.2, -0.15) is 5.10 Å². The molecule has 2 aromatic heterocycles. The minimum atomic E-state index is -0.0264. The SMILES string of the molecule is COc1cccc(CC2CCN(c3ccc(-c4cn[nH]c4)c(C)n3)C2=O)c1C. The molecule has 3 aromatic rings. The van der Waals surface area contributed by atoms with Gasteiger partial charge in [0.15, 0.2) is 0 Å². The van der Waals surface area contributed by atoms with Crippen molar-refractivity contribution in [2.75, 3.05) is 18.6 Å². The number of hydrogen-bond acceptors (Lipinski definition) is 4. The van der Waals surface area contributed by atoms with Crippen LogP contribution in [-0.2, 0) is 11.2 Å². The average Bonchev–Trinajstić information content (AvgIpc) is 3.34. The molecule has 0 spiro atoms. The molecule has 1 aromatic carbocycles. The summed E-state index contributed by atoms with van der Waals surface area (Å²) in [5.41, 5.74) is 5.18. The molecule has 3 heterocycles. The van der Waals surface area contributed by atoms with Crippen molar-refractivity contribution >= 4 is 11.7 Å². The summed E-state index contributed by atoms with van der Waals surface area (Å²) >= 11 is 0. The summed E-state index contributed by atoms with van der Waals surface area (Å²) in [6.07, 6.45) is 5.18. The first-order valence-electron chi connectivity index (χ1n) is 9.49. The summed E-state index contributed by atoms with van der Waals surface area (Å²) < 4.78 is 5.41. The summed E-state index contributed by atoms with van der Waals surface area (Å²) in [6, 6.07) is 9.95. The molecule has 0 aliphatic carbocycles. The molecule has 6 heteroatoms. The number of aryl methyl sites for hydroxylation is 1. The number of methoxy groups -OCH3 is 1. The second-order valence-electron chi connectivity index (χ2n) is 7.21. The van der Waals surface area contributed by atoms with Crippen molar-refractivity contribution in [1.82, 2.24) is 15.2 Å². The van der Waals surface area contributed by atoms with Crippen LogP contribution in [0.3, 0.4) is 0 Å². The number of nitrogens with zero attached hydrogens (tertiary/aromatic N) is 3. The zero-order valence-electron chi connectivity index (χ0n) is 16.4. The number of anilines is 1. The van der Waals surface area contributed by atoms with E-state index in [0.29, 0.717) is 6.54 Å². The number of nitrogens with one attached hydrogen (secondary N) is 1. The van der Waals surface area contributed by atoms with Crippen molar-refractivity contribution in [3.63, 3.8) is 0 Å². The fraction of sp³-hybridized carbons (Fsp3) is 0.318. The maximum absolute atomic E-state index is 13.0. The molecule has 4 rings (SSSR count). The highest BCUT2D eigenvalue weighted by atomic mass is 16.5. The van der Waals surface area contributed by atoms with Crippen LogP contribution in [0.25, 0.3) is 11.1 Å². The fourth-order valence-corrected chi connectivity index (χ4v) is 3.92. The number of pyridine rings is 1. The van der Waals surface area contributed by atoms with Crippen molar-refractivity contribution in [2.45, 2.75) is 26.7 Å². The van der Waals surface area contributed by atoms with Crippen LogP contribution in [0, 0.1) is 19.8 Å². The Morgan fingerprint density at radius 2 is 2.11 bits per heavy atom. The third kappa shape index (κ3) is 3.26. The molecule has 1 unspecified atom stereocenters. The van der Waals surface area contributed by atoms with Crippen LogP contribution in [-0.4, -0.2) is 34.7 Å². The van der Waals surface area contributed by atoms with E-state index in [0.717, 1.165) is 46.8 Å². The van der Waals surface area contributed by atoms with E-state index in [4.69, 9.17) is 9.72 Å². The van der Waals surface area contributed by atoms with Crippen molar-refractivity contribution in [3.05, 3.63) is 59.5 Å². The molecule has 0 saturated carbocycles. The summed E-state index contributed by atoms with van der Waals surface area (Å²) in [5.74, 6) is 1.71. The van der Waals surface area contributed by atoms with Crippen molar-refractivity contribution in [2.24, 2.45) is 5.92 Å². The number of hydrogen-bond donors (Lipinski definition) is 1. The summed E-state index contributed by atoms with van der Waals surface area (Å²) in [6.45, 7) is 4.71. The highest BCUT2D eigenvalue weighted by molar-refractivity contribution is 5.96. The number of ether oxygens (including phenoxy) is 1. The molecule has 1 aliphatic heterocycles. The molecular formula is C22H24N4O2. The molecule has 28 heavy (non-hydrogen) atoms. The van der Waals surface area contributed by atoms with Crippen LogP contribution < -0.4 is 9.64 Å². The van der Waals surface area contributed by atoms with E-state index < -0.39 is 0 Å². The monoisotopic (exact) mass is 376 g/mol. The predicted octanol–water partition coefficient (Wildman–Crippen LogP) is 3.69. The molecule has 6 nitrogen and oxygen atoms in total. The zero-order chi connectivity index (χ0) is 19.7. The van der Waals surface area contributed by atoms with Crippen molar-refractivity contribution < 1.29 is 9.53 Å². The van der Waals surface area contributed by atoms with Crippen molar-refractivity contribution in [1.29, 1.82) is 0 Å². The number of aromatic amines is 1. The van der Waals surface area contributed by atoms with Crippen LogP contribution in [0.4, 0.5) is 5.82 Å². The molecule has 144 valence electrons. The van der Waals surface area contributed by atoms with E-state index in [1.165, 1.54) is 5.56 Å². The van der Waals surface area contributed by atoms with Gasteiger partial charge in [-0.3, -0.25) is 14.8 Å². The lowest BCUT2D eigenvalue weighted by Crippen LogP contribution is -2.28. The Labute approximate surface area is 164 Å². The molecule has 0 radical (unpaired) electrons. The second-order valence-corrected chi connectivity index (χ2v) is 7.21. The molecule has 1 saturated heterocycles. The van der Waals surface area contributed by atoms with Gasteiger partial charge in [0.25, 0.3) is 0 Å². The first-order valence-corrected chi connectivity index (χ1v) is 9.49. The van der Waals surface area contributed by atoms with Gasteiger partial charge in [0.2, 0.25) is 5.91 Å². The number of carbonyl (C=O) groups is 1. The normalized spacial score (nSPS) is 16.6. The maximum Gasteiger partial charge on any atom is 0.231 e. The second kappa shape index (κ2) is 7.46. The van der Waals surface area contributed by atoms with E-state index in [1.54, 1.807) is 13.3 Å². The average molecular weight is 376 g/mol. The van der Waals surface area contributed by atoms with Gasteiger partial charge in [-0.15, -0.1) is 0 Å². The number of rotatable bonds is 5. The maximum atomic E-state index is 13.0. The van der Waals surface area contributed by atoms with Gasteiger partial charge >= 0.3 is 0 Å². The van der Waals surface area contributed by atoms with E-state index in [9.17, 15) is 4.79 Å². The van der Waals surface area contributed by atoms with E-state index in [2.05, 4.69) is 16.3 Å². The Balaban J connectivity index is 1.53. The van der Waals surface area contributed by atoms with Gasteiger partial charge in [0, 0.05) is 35.5 Å². The Morgan fingerprint density at radius 1 is 1.25 bits per heavy atom. The highest BCUT2D eigenvalue weighted by Gasteiger charge is 2.33. The Morgan fingerprint density at radius 3 is 2.82 bits per heavy atom. The fourth-order valence-electron chi connectivity index (χ4n) is 3.92. The molecule has 1 fully saturated rings. The topological polar surface area (TPSA) is 71.1 Å². The largest absolute Gasteiger partial charge is 0.496 e. The van der Waals surface area contributed by atoms with Crippen LogP contribution in [0.5, 0.6) is 5.75 Å². The Kier molecular flexibility index (Phi) is 4.86. The van der Waals surface area contributed by atoms with Gasteiger partial charge in [0.1, 0.15) is 11.6 Å². The number of aromatic nitrogens is 3. The van der Waals surface area contributed by atoms with E-state index in [1.807, 2.05) is 49.2 Å². The van der Waals surface area contributed by atoms with Gasteiger partial charge in [-0.05, 0) is 56.0 Å². The minimum absolute atomic E-state index is 0.0264. The minimum Gasteiger partial charge on any atom is -0.496 e. The smallest absolute Gasteiger partial charge is 0.231 e. The van der Waals surface area contributed by atoms with Crippen molar-refractivity contribution in [3.8, 4) is 16.9 Å². The Bertz CT molecular complexity index is 998. The van der Waals surface area contributed by atoms with Gasteiger partial charge in [-0.25, -0.2) is 4.98 Å². The number of amides is 1. The third-order valence-electron chi connectivity index (χ3n) is 5.56. The van der Waals surface area contributed by atoms with Gasteiger partial charge in [0.05, 0.1) is 13.3 Å². The summed E-state index contributed by atoms with van der Waals surface area (Å²) in [5, 5.41) is 6.82. The lowest BCUT2D eigenvalue weighted by atomic mass is 9.94. The van der Waals surface area contributed by atoms with E-state index in [-0.39, 0.29) is 11.8 Å². The molecule has 1 aliphatic rings. The van der Waals surface area contributed by atoms with Crippen LogP contribution in [0.2, 0.25) is 0 Å². The summed E-state index contributed by atoms with van der Waals surface area (Å²) in [7, 11) is 1.68.